The van der Waals surface area contributed by atoms with Crippen LogP contribution in [0.4, 0.5) is 5.69 Å². The van der Waals surface area contributed by atoms with Gasteiger partial charge in [0, 0.05) is 17.9 Å². The molecule has 5 nitrogen and oxygen atoms in total. The van der Waals surface area contributed by atoms with Gasteiger partial charge in [0.2, 0.25) is 5.91 Å². The lowest BCUT2D eigenvalue weighted by Crippen LogP contribution is -2.42. The third kappa shape index (κ3) is 3.59. The van der Waals surface area contributed by atoms with Crippen LogP contribution in [0.25, 0.3) is 0 Å². The molecule has 3 rings (SSSR count). The third-order valence-corrected chi connectivity index (χ3v) is 4.52. The van der Waals surface area contributed by atoms with Crippen molar-refractivity contribution >= 4 is 33.4 Å². The Balaban J connectivity index is 1.57. The maximum Gasteiger partial charge on any atom is 0.264 e. The van der Waals surface area contributed by atoms with Crippen LogP contribution in [0.1, 0.15) is 5.56 Å². The molecule has 0 unspecified atom stereocenters. The van der Waals surface area contributed by atoms with Gasteiger partial charge in [0.25, 0.3) is 5.91 Å². The molecule has 24 heavy (non-hydrogen) atoms. The molecular formula is C18H17BrN2O3. The van der Waals surface area contributed by atoms with Gasteiger partial charge in [0.05, 0.1) is 12.2 Å². The number of halogens is 1. The Morgan fingerprint density at radius 2 is 1.92 bits per heavy atom. The van der Waals surface area contributed by atoms with Crippen molar-refractivity contribution < 1.29 is 14.3 Å². The van der Waals surface area contributed by atoms with Crippen LogP contribution >= 0.6 is 15.9 Å². The smallest absolute Gasteiger partial charge is 0.264 e. The lowest BCUT2D eigenvalue weighted by molar-refractivity contribution is -0.139. The molecule has 0 fully saturated rings. The van der Waals surface area contributed by atoms with Gasteiger partial charge >= 0.3 is 0 Å². The molecule has 0 aromatic heterocycles. The average molecular weight is 389 g/mol. The Morgan fingerprint density at radius 3 is 2.67 bits per heavy atom. The molecular weight excluding hydrogens is 372 g/mol. The highest BCUT2D eigenvalue weighted by atomic mass is 79.9. The minimum atomic E-state index is -0.566. The SMILES string of the molecule is CN(CC(=O)Nc1ccccc1Br)C(=O)[C@H]1Cc2ccccc2O1. The second-order valence-corrected chi connectivity index (χ2v) is 6.49. The fraction of sp³-hybridized carbons (Fsp3) is 0.222. The molecule has 2 aromatic rings. The zero-order valence-corrected chi connectivity index (χ0v) is 14.7. The largest absolute Gasteiger partial charge is 0.480 e. The third-order valence-electron chi connectivity index (χ3n) is 3.83. The van der Waals surface area contributed by atoms with E-state index in [-0.39, 0.29) is 18.4 Å². The fourth-order valence-corrected chi connectivity index (χ4v) is 3.00. The zero-order chi connectivity index (χ0) is 17.1. The number of nitrogens with zero attached hydrogens (tertiary/aromatic N) is 1. The number of ether oxygens (including phenoxy) is 1. The number of para-hydroxylation sites is 2. The molecule has 2 amide bonds. The van der Waals surface area contributed by atoms with E-state index in [4.69, 9.17) is 4.74 Å². The van der Waals surface area contributed by atoms with Gasteiger partial charge < -0.3 is 15.0 Å². The Labute approximate surface area is 148 Å². The van der Waals surface area contributed by atoms with Crippen molar-refractivity contribution in [2.24, 2.45) is 0 Å². The van der Waals surface area contributed by atoms with E-state index in [0.29, 0.717) is 12.1 Å². The van der Waals surface area contributed by atoms with E-state index >= 15 is 0 Å². The number of hydrogen-bond donors (Lipinski definition) is 1. The van der Waals surface area contributed by atoms with Crippen LogP contribution in [0.2, 0.25) is 0 Å². The van der Waals surface area contributed by atoms with Crippen LogP contribution in [0.3, 0.4) is 0 Å². The van der Waals surface area contributed by atoms with Gasteiger partial charge in [-0.1, -0.05) is 30.3 Å². The average Bonchev–Trinajstić information content (AvgIpc) is 3.00. The number of carbonyl (C=O) groups excluding carboxylic acids is 2. The van der Waals surface area contributed by atoms with Crippen LogP contribution in [-0.2, 0) is 16.0 Å². The standard InChI is InChI=1S/C18H17BrN2O3/c1-21(11-17(22)20-14-8-4-3-7-13(14)19)18(23)16-10-12-6-2-5-9-15(12)24-16/h2-9,16H,10-11H2,1H3,(H,20,22)/t16-/m1/s1. The van der Waals surface area contributed by atoms with Gasteiger partial charge in [-0.2, -0.15) is 0 Å². The Bertz CT molecular complexity index is 753. The summed E-state index contributed by atoms with van der Waals surface area (Å²) in [5.41, 5.74) is 1.69. The summed E-state index contributed by atoms with van der Waals surface area (Å²) >= 11 is 3.38. The lowest BCUT2D eigenvalue weighted by atomic mass is 10.1. The second kappa shape index (κ2) is 7.05. The van der Waals surface area contributed by atoms with E-state index in [1.165, 1.54) is 4.90 Å². The summed E-state index contributed by atoms with van der Waals surface area (Å²) in [4.78, 5) is 26.0. The van der Waals surface area contributed by atoms with Crippen molar-refractivity contribution in [2.75, 3.05) is 18.9 Å². The van der Waals surface area contributed by atoms with Gasteiger partial charge in [-0.25, -0.2) is 0 Å². The van der Waals surface area contributed by atoms with Gasteiger partial charge in [-0.05, 0) is 39.7 Å². The summed E-state index contributed by atoms with van der Waals surface area (Å²) in [5.74, 6) is 0.281. The van der Waals surface area contributed by atoms with Crippen LogP contribution in [-0.4, -0.2) is 36.4 Å². The molecule has 0 saturated carbocycles. The molecule has 0 aliphatic carbocycles. The summed E-state index contributed by atoms with van der Waals surface area (Å²) in [6.07, 6.45) is -0.0331. The summed E-state index contributed by atoms with van der Waals surface area (Å²) in [6, 6.07) is 14.9. The first-order valence-corrected chi connectivity index (χ1v) is 8.38. The summed E-state index contributed by atoms with van der Waals surface area (Å²) in [5, 5.41) is 2.78. The number of amides is 2. The minimum Gasteiger partial charge on any atom is -0.480 e. The number of benzene rings is 2. The molecule has 1 aliphatic heterocycles. The fourth-order valence-electron chi connectivity index (χ4n) is 2.61. The summed E-state index contributed by atoms with van der Waals surface area (Å²) in [7, 11) is 1.61. The normalized spacial score (nSPS) is 15.3. The number of carbonyl (C=O) groups is 2. The van der Waals surface area contributed by atoms with E-state index in [1.54, 1.807) is 13.1 Å². The number of nitrogens with one attached hydrogen (secondary N) is 1. The number of fused-ring (bicyclic) bond motifs is 1. The highest BCUT2D eigenvalue weighted by Crippen LogP contribution is 2.28. The topological polar surface area (TPSA) is 58.6 Å². The second-order valence-electron chi connectivity index (χ2n) is 5.64. The van der Waals surface area contributed by atoms with Crippen molar-refractivity contribution in [2.45, 2.75) is 12.5 Å². The maximum atomic E-state index is 12.5. The predicted octanol–water partition coefficient (Wildman–Crippen LogP) is 2.85. The molecule has 0 bridgehead atoms. The Morgan fingerprint density at radius 1 is 1.21 bits per heavy atom. The first kappa shape index (κ1) is 16.5. The van der Waals surface area contributed by atoms with Crippen LogP contribution in [0, 0.1) is 0 Å². The van der Waals surface area contributed by atoms with Crippen molar-refractivity contribution in [3.05, 3.63) is 58.6 Å². The molecule has 1 atom stereocenters. The number of likely N-dealkylation sites (N-methyl/N-ethyl adjacent to an activating group) is 1. The highest BCUT2D eigenvalue weighted by molar-refractivity contribution is 9.10. The molecule has 1 heterocycles. The number of rotatable bonds is 4. The molecule has 0 saturated heterocycles. The first-order chi connectivity index (χ1) is 11.5. The van der Waals surface area contributed by atoms with Crippen LogP contribution < -0.4 is 10.1 Å². The van der Waals surface area contributed by atoms with Crippen molar-refractivity contribution in [1.82, 2.24) is 4.90 Å². The van der Waals surface area contributed by atoms with E-state index in [0.717, 1.165) is 15.8 Å². The summed E-state index contributed by atoms with van der Waals surface area (Å²) < 4.78 is 6.47. The minimum absolute atomic E-state index is 0.0314. The van der Waals surface area contributed by atoms with Crippen molar-refractivity contribution in [3.8, 4) is 5.75 Å². The summed E-state index contributed by atoms with van der Waals surface area (Å²) in [6.45, 7) is -0.0314. The van der Waals surface area contributed by atoms with Gasteiger partial charge in [0.15, 0.2) is 6.10 Å². The van der Waals surface area contributed by atoms with E-state index < -0.39 is 6.10 Å². The molecule has 0 radical (unpaired) electrons. The molecule has 6 heteroatoms. The molecule has 2 aromatic carbocycles. The molecule has 0 spiro atoms. The van der Waals surface area contributed by atoms with Crippen molar-refractivity contribution in [3.63, 3.8) is 0 Å². The van der Waals surface area contributed by atoms with Gasteiger partial charge in [-0.3, -0.25) is 9.59 Å². The van der Waals surface area contributed by atoms with Crippen LogP contribution in [0.15, 0.2) is 53.0 Å². The van der Waals surface area contributed by atoms with Crippen molar-refractivity contribution in [1.29, 1.82) is 0 Å². The zero-order valence-electron chi connectivity index (χ0n) is 13.2. The molecule has 1 aliphatic rings. The predicted molar refractivity (Wildman–Crippen MR) is 95.0 cm³/mol. The lowest BCUT2D eigenvalue weighted by Gasteiger charge is -2.20. The Hall–Kier alpha value is -2.34. The van der Waals surface area contributed by atoms with E-state index in [1.807, 2.05) is 42.5 Å². The number of hydrogen-bond acceptors (Lipinski definition) is 3. The quantitative estimate of drug-likeness (QED) is 0.875. The molecule has 124 valence electrons. The van der Waals surface area contributed by atoms with Gasteiger partial charge in [0.1, 0.15) is 5.75 Å². The maximum absolute atomic E-state index is 12.5. The monoisotopic (exact) mass is 388 g/mol. The van der Waals surface area contributed by atoms with Gasteiger partial charge in [-0.15, -0.1) is 0 Å². The van der Waals surface area contributed by atoms with Crippen LogP contribution in [0.5, 0.6) is 5.75 Å². The number of anilines is 1. The first-order valence-electron chi connectivity index (χ1n) is 7.58. The van der Waals surface area contributed by atoms with E-state index in [9.17, 15) is 9.59 Å². The Kier molecular flexibility index (Phi) is 4.85. The van der Waals surface area contributed by atoms with E-state index in [2.05, 4.69) is 21.2 Å². The molecule has 1 N–H and O–H groups in total. The highest BCUT2D eigenvalue weighted by Gasteiger charge is 2.31.